The maximum atomic E-state index is 11.7. The first-order chi connectivity index (χ1) is 7.11. The molecule has 5 nitrogen and oxygen atoms in total. The van der Waals surface area contributed by atoms with Crippen LogP contribution in [0, 0.1) is 6.92 Å². The Morgan fingerprint density at radius 3 is 3.00 bits per heavy atom. The van der Waals surface area contributed by atoms with E-state index in [4.69, 9.17) is 5.11 Å². The molecule has 80 valence electrons. The average Bonchev–Trinajstić information content (AvgIpc) is 2.23. The number of aromatic carboxylic acids is 1. The molecule has 0 fully saturated rings. The molecule has 2 rings (SSSR count). The predicted molar refractivity (Wildman–Crippen MR) is 55.5 cm³/mol. The van der Waals surface area contributed by atoms with E-state index in [1.54, 1.807) is 6.92 Å². The molecule has 0 atom stereocenters. The van der Waals surface area contributed by atoms with Gasteiger partial charge in [0.1, 0.15) is 11.4 Å². The predicted octanol–water partition coefficient (Wildman–Crippen LogP) is 0.671. The third kappa shape index (κ3) is 1.49. The number of nitrogens with zero attached hydrogens (tertiary/aromatic N) is 1. The Morgan fingerprint density at radius 2 is 2.33 bits per heavy atom. The topological polar surface area (TPSA) is 71.3 Å². The van der Waals surface area contributed by atoms with Gasteiger partial charge in [0.15, 0.2) is 0 Å². The summed E-state index contributed by atoms with van der Waals surface area (Å²) in [7, 11) is 0. The van der Waals surface area contributed by atoms with Gasteiger partial charge in [-0.05, 0) is 19.4 Å². The van der Waals surface area contributed by atoms with Crippen LogP contribution < -0.4 is 10.9 Å². The maximum Gasteiger partial charge on any atom is 0.339 e. The largest absolute Gasteiger partial charge is 0.478 e. The smallest absolute Gasteiger partial charge is 0.339 e. The van der Waals surface area contributed by atoms with Gasteiger partial charge >= 0.3 is 5.97 Å². The minimum Gasteiger partial charge on any atom is -0.478 e. The number of hydrogen-bond donors (Lipinski definition) is 2. The molecular formula is C10H12N2O3. The fourth-order valence-corrected chi connectivity index (χ4v) is 1.82. The summed E-state index contributed by atoms with van der Waals surface area (Å²) in [5, 5.41) is 12.0. The monoisotopic (exact) mass is 208 g/mol. The van der Waals surface area contributed by atoms with E-state index in [9.17, 15) is 9.59 Å². The summed E-state index contributed by atoms with van der Waals surface area (Å²) in [6.07, 6.45) is 0.843. The Balaban J connectivity index is 2.73. The zero-order chi connectivity index (χ0) is 11.0. The van der Waals surface area contributed by atoms with Gasteiger partial charge in [-0.1, -0.05) is 0 Å². The van der Waals surface area contributed by atoms with Gasteiger partial charge in [-0.15, -0.1) is 0 Å². The molecule has 1 aromatic heterocycles. The normalized spacial score (nSPS) is 14.2. The summed E-state index contributed by atoms with van der Waals surface area (Å²) in [6.45, 7) is 2.93. The molecule has 0 aliphatic carbocycles. The van der Waals surface area contributed by atoms with Gasteiger partial charge in [-0.2, -0.15) is 0 Å². The second-order valence-electron chi connectivity index (χ2n) is 3.63. The Kier molecular flexibility index (Phi) is 2.22. The summed E-state index contributed by atoms with van der Waals surface area (Å²) < 4.78 is 1.50. The third-order valence-electron chi connectivity index (χ3n) is 2.55. The van der Waals surface area contributed by atoms with E-state index in [1.165, 1.54) is 10.6 Å². The first kappa shape index (κ1) is 9.76. The van der Waals surface area contributed by atoms with Crippen molar-refractivity contribution in [2.24, 2.45) is 0 Å². The van der Waals surface area contributed by atoms with Crippen molar-refractivity contribution in [1.29, 1.82) is 0 Å². The quantitative estimate of drug-likeness (QED) is 0.711. The molecule has 0 unspecified atom stereocenters. The Hall–Kier alpha value is -1.78. The minimum atomic E-state index is -1.00. The highest BCUT2D eigenvalue weighted by Gasteiger charge is 2.19. The van der Waals surface area contributed by atoms with E-state index in [0.717, 1.165) is 6.42 Å². The second kappa shape index (κ2) is 3.42. The third-order valence-corrected chi connectivity index (χ3v) is 2.55. The lowest BCUT2D eigenvalue weighted by molar-refractivity contribution is 0.0696. The van der Waals surface area contributed by atoms with Gasteiger partial charge in [0, 0.05) is 18.7 Å². The molecule has 2 heterocycles. The zero-order valence-electron chi connectivity index (χ0n) is 8.41. The first-order valence-corrected chi connectivity index (χ1v) is 4.83. The lowest BCUT2D eigenvalue weighted by Gasteiger charge is -2.22. The van der Waals surface area contributed by atoms with E-state index < -0.39 is 5.97 Å². The van der Waals surface area contributed by atoms with Crippen LogP contribution in [-0.2, 0) is 6.54 Å². The van der Waals surface area contributed by atoms with Gasteiger partial charge in [0.05, 0.1) is 0 Å². The number of nitrogens with one attached hydrogen (secondary N) is 1. The molecule has 1 aliphatic heterocycles. The Labute approximate surface area is 86.3 Å². The van der Waals surface area contributed by atoms with Crippen molar-refractivity contribution in [2.75, 3.05) is 11.9 Å². The molecule has 2 N–H and O–H groups in total. The van der Waals surface area contributed by atoms with Crippen molar-refractivity contribution >= 4 is 11.8 Å². The summed E-state index contributed by atoms with van der Waals surface area (Å²) in [5.41, 5.74) is 0.536. The lowest BCUT2D eigenvalue weighted by atomic mass is 10.1. The number of anilines is 1. The molecule has 0 spiro atoms. The molecule has 15 heavy (non-hydrogen) atoms. The molecule has 1 aromatic rings. The van der Waals surface area contributed by atoms with Crippen LogP contribution in [0.25, 0.3) is 0 Å². The number of carbonyl (C=O) groups is 1. The van der Waals surface area contributed by atoms with E-state index in [0.29, 0.717) is 24.5 Å². The molecule has 1 aliphatic rings. The van der Waals surface area contributed by atoms with Gasteiger partial charge in [-0.3, -0.25) is 9.36 Å². The lowest BCUT2D eigenvalue weighted by Crippen LogP contribution is -2.32. The van der Waals surface area contributed by atoms with E-state index in [-0.39, 0.29) is 11.1 Å². The van der Waals surface area contributed by atoms with Gasteiger partial charge < -0.3 is 10.4 Å². The Morgan fingerprint density at radius 1 is 1.60 bits per heavy atom. The SMILES string of the molecule is Cc1cc(C(=O)O)c2n(c1=O)CCCN2. The number of aryl methyl sites for hydroxylation is 1. The van der Waals surface area contributed by atoms with Crippen LogP contribution in [0.15, 0.2) is 10.9 Å². The number of carboxylic acids is 1. The number of hydrogen-bond acceptors (Lipinski definition) is 3. The van der Waals surface area contributed by atoms with Gasteiger partial charge in [0.25, 0.3) is 5.56 Å². The molecule has 0 amide bonds. The number of carboxylic acid groups (broad SMARTS) is 1. The summed E-state index contributed by atoms with van der Waals surface area (Å²) in [6, 6.07) is 1.43. The first-order valence-electron chi connectivity index (χ1n) is 4.83. The molecule has 0 bridgehead atoms. The average molecular weight is 208 g/mol. The molecule has 0 saturated carbocycles. The maximum absolute atomic E-state index is 11.7. The summed E-state index contributed by atoms with van der Waals surface area (Å²) >= 11 is 0. The van der Waals surface area contributed by atoms with Crippen LogP contribution >= 0.6 is 0 Å². The van der Waals surface area contributed by atoms with Crippen molar-refractivity contribution in [2.45, 2.75) is 19.9 Å². The fourth-order valence-electron chi connectivity index (χ4n) is 1.82. The highest BCUT2D eigenvalue weighted by molar-refractivity contribution is 5.93. The Bertz CT molecular complexity index is 476. The van der Waals surface area contributed by atoms with Crippen molar-refractivity contribution in [3.8, 4) is 0 Å². The molecule has 5 heteroatoms. The fraction of sp³-hybridized carbons (Fsp3) is 0.400. The van der Waals surface area contributed by atoms with Crippen LogP contribution in [0.2, 0.25) is 0 Å². The van der Waals surface area contributed by atoms with Crippen LogP contribution in [0.3, 0.4) is 0 Å². The summed E-state index contributed by atoms with van der Waals surface area (Å²) in [4.78, 5) is 22.7. The number of aromatic nitrogens is 1. The minimum absolute atomic E-state index is 0.109. The molecule has 0 aromatic carbocycles. The van der Waals surface area contributed by atoms with Crippen LogP contribution in [0.5, 0.6) is 0 Å². The van der Waals surface area contributed by atoms with Crippen LogP contribution in [0.1, 0.15) is 22.3 Å². The van der Waals surface area contributed by atoms with Gasteiger partial charge in [-0.25, -0.2) is 4.79 Å². The second-order valence-corrected chi connectivity index (χ2v) is 3.63. The zero-order valence-corrected chi connectivity index (χ0v) is 8.41. The molecule has 0 saturated heterocycles. The van der Waals surface area contributed by atoms with Crippen molar-refractivity contribution in [1.82, 2.24) is 4.57 Å². The van der Waals surface area contributed by atoms with E-state index >= 15 is 0 Å². The standard InChI is InChI=1S/C10H12N2O3/c1-6-5-7(10(14)15)8-11-3-2-4-12(8)9(6)13/h5,11H,2-4H2,1H3,(H,14,15). The van der Waals surface area contributed by atoms with Crippen LogP contribution in [-0.4, -0.2) is 22.2 Å². The summed E-state index contributed by atoms with van der Waals surface area (Å²) in [5.74, 6) is -0.569. The van der Waals surface area contributed by atoms with Crippen LogP contribution in [0.4, 0.5) is 5.82 Å². The number of rotatable bonds is 1. The van der Waals surface area contributed by atoms with E-state index in [2.05, 4.69) is 5.32 Å². The molecule has 0 radical (unpaired) electrons. The van der Waals surface area contributed by atoms with Gasteiger partial charge in [0.2, 0.25) is 0 Å². The number of pyridine rings is 1. The van der Waals surface area contributed by atoms with Crippen molar-refractivity contribution in [3.63, 3.8) is 0 Å². The highest BCUT2D eigenvalue weighted by Crippen LogP contribution is 2.18. The van der Waals surface area contributed by atoms with E-state index in [1.807, 2.05) is 0 Å². The molecular weight excluding hydrogens is 196 g/mol. The van der Waals surface area contributed by atoms with Crippen molar-refractivity contribution in [3.05, 3.63) is 27.5 Å². The number of fused-ring (bicyclic) bond motifs is 1. The highest BCUT2D eigenvalue weighted by atomic mass is 16.4. The van der Waals surface area contributed by atoms with Crippen molar-refractivity contribution < 1.29 is 9.90 Å².